The molecule has 150 valence electrons. The van der Waals surface area contributed by atoms with Gasteiger partial charge in [-0.05, 0) is 36.6 Å². The highest BCUT2D eigenvalue weighted by atomic mass is 35.5. The molecule has 0 bridgehead atoms. The quantitative estimate of drug-likeness (QED) is 0.661. The average molecular weight is 415 g/mol. The van der Waals surface area contributed by atoms with Crippen molar-refractivity contribution in [2.24, 2.45) is 7.05 Å². The maximum Gasteiger partial charge on any atom is 0.322 e. The number of nitrogens with zero attached hydrogens (tertiary/aromatic N) is 5. The van der Waals surface area contributed by atoms with E-state index >= 15 is 0 Å². The zero-order chi connectivity index (χ0) is 20.1. The molecule has 0 radical (unpaired) electrons. The number of amides is 2. The number of carbonyl (C=O) groups excluding carboxylic acids is 1. The fraction of sp³-hybridized carbons (Fsp3) is 0.350. The van der Waals surface area contributed by atoms with Gasteiger partial charge in [0.2, 0.25) is 0 Å². The van der Waals surface area contributed by atoms with Gasteiger partial charge in [0.15, 0.2) is 0 Å². The van der Waals surface area contributed by atoms with Crippen molar-refractivity contribution >= 4 is 23.3 Å². The third-order valence-electron chi connectivity index (χ3n) is 5.61. The molecule has 0 fully saturated rings. The maximum absolute atomic E-state index is 13.4. The van der Waals surface area contributed by atoms with Gasteiger partial charge >= 0.3 is 6.03 Å². The number of hydrogen-bond donors (Lipinski definition) is 1. The lowest BCUT2D eigenvalue weighted by Crippen LogP contribution is -2.38. The molecular formula is C20H20ClFN6O. The first-order chi connectivity index (χ1) is 14.0. The molecule has 1 aromatic carbocycles. The van der Waals surface area contributed by atoms with Gasteiger partial charge in [-0.2, -0.15) is 10.2 Å². The largest absolute Gasteiger partial charge is 0.322 e. The van der Waals surface area contributed by atoms with Crippen molar-refractivity contribution in [2.45, 2.75) is 32.4 Å². The Morgan fingerprint density at radius 3 is 2.93 bits per heavy atom. The molecule has 0 aliphatic carbocycles. The second-order valence-corrected chi connectivity index (χ2v) is 7.88. The van der Waals surface area contributed by atoms with Crippen LogP contribution in [0, 0.1) is 5.82 Å². The lowest BCUT2D eigenvalue weighted by molar-refractivity contribution is 0.206. The van der Waals surface area contributed by atoms with Crippen LogP contribution in [-0.2, 0) is 33.0 Å². The standard InChI is InChI=1S/C20H20ClFN6O/c1-26-18-12(10-23-26)3-2-7-28-19(18)14-11-27(8-6-17(14)25-28)20(29)24-13-4-5-16(22)15(21)9-13/h4-5,9-10H,2-3,6-8,11H2,1H3,(H,24,29). The van der Waals surface area contributed by atoms with E-state index in [4.69, 9.17) is 16.7 Å². The number of rotatable bonds is 1. The van der Waals surface area contributed by atoms with Crippen LogP contribution >= 0.6 is 11.6 Å². The van der Waals surface area contributed by atoms with E-state index in [1.165, 1.54) is 23.8 Å². The minimum Gasteiger partial charge on any atom is -0.320 e. The molecule has 4 heterocycles. The highest BCUT2D eigenvalue weighted by Gasteiger charge is 2.31. The van der Waals surface area contributed by atoms with Crippen LogP contribution in [0.2, 0.25) is 5.02 Å². The first-order valence-electron chi connectivity index (χ1n) is 9.62. The van der Waals surface area contributed by atoms with E-state index in [9.17, 15) is 9.18 Å². The molecule has 9 heteroatoms. The molecule has 0 saturated carbocycles. The third-order valence-corrected chi connectivity index (χ3v) is 5.90. The van der Waals surface area contributed by atoms with Crippen molar-refractivity contribution in [3.63, 3.8) is 0 Å². The molecule has 29 heavy (non-hydrogen) atoms. The Bertz CT molecular complexity index is 1120. The van der Waals surface area contributed by atoms with E-state index in [0.29, 0.717) is 25.2 Å². The van der Waals surface area contributed by atoms with E-state index in [1.54, 1.807) is 4.90 Å². The van der Waals surface area contributed by atoms with Crippen molar-refractivity contribution in [1.82, 2.24) is 24.5 Å². The zero-order valence-corrected chi connectivity index (χ0v) is 16.7. The highest BCUT2D eigenvalue weighted by molar-refractivity contribution is 6.31. The fourth-order valence-electron chi connectivity index (χ4n) is 4.19. The SMILES string of the molecule is Cn1ncc2c1-c1c3c(nn1CCC2)CCN(C(=O)Nc1ccc(F)c(Cl)c1)C3. The van der Waals surface area contributed by atoms with Gasteiger partial charge in [0.1, 0.15) is 5.82 Å². The van der Waals surface area contributed by atoms with Crippen LogP contribution in [0.15, 0.2) is 24.4 Å². The second-order valence-electron chi connectivity index (χ2n) is 7.47. The summed E-state index contributed by atoms with van der Waals surface area (Å²) in [7, 11) is 1.94. The summed E-state index contributed by atoms with van der Waals surface area (Å²) in [4.78, 5) is 14.6. The Balaban J connectivity index is 1.44. The molecule has 0 atom stereocenters. The van der Waals surface area contributed by atoms with Crippen LogP contribution in [0.3, 0.4) is 0 Å². The van der Waals surface area contributed by atoms with Gasteiger partial charge in [0.05, 0.1) is 34.8 Å². The van der Waals surface area contributed by atoms with E-state index in [1.807, 2.05) is 17.9 Å². The van der Waals surface area contributed by atoms with Gasteiger partial charge < -0.3 is 10.2 Å². The molecule has 2 aliphatic rings. The van der Waals surface area contributed by atoms with E-state index < -0.39 is 5.82 Å². The van der Waals surface area contributed by atoms with Crippen molar-refractivity contribution in [2.75, 3.05) is 11.9 Å². The summed E-state index contributed by atoms with van der Waals surface area (Å²) in [5, 5.41) is 12.1. The number of aromatic nitrogens is 4. The Morgan fingerprint density at radius 1 is 1.24 bits per heavy atom. The molecule has 3 aromatic rings. The predicted molar refractivity (Wildman–Crippen MR) is 107 cm³/mol. The molecular weight excluding hydrogens is 395 g/mol. The summed E-state index contributed by atoms with van der Waals surface area (Å²) in [6, 6.07) is 3.92. The number of nitrogens with one attached hydrogen (secondary N) is 1. The maximum atomic E-state index is 13.4. The van der Waals surface area contributed by atoms with Gasteiger partial charge in [-0.3, -0.25) is 9.36 Å². The second kappa shape index (κ2) is 6.88. The third kappa shape index (κ3) is 3.07. The number of carbonyl (C=O) groups is 1. The summed E-state index contributed by atoms with van der Waals surface area (Å²) in [6.07, 6.45) is 4.61. The minimum absolute atomic E-state index is 0.0191. The van der Waals surface area contributed by atoms with Gasteiger partial charge in [-0.25, -0.2) is 9.18 Å². The van der Waals surface area contributed by atoms with Crippen molar-refractivity contribution < 1.29 is 9.18 Å². The van der Waals surface area contributed by atoms with Gasteiger partial charge in [-0.1, -0.05) is 11.6 Å². The Kier molecular flexibility index (Phi) is 4.31. The summed E-state index contributed by atoms with van der Waals surface area (Å²) in [6.45, 7) is 1.90. The summed E-state index contributed by atoms with van der Waals surface area (Å²) < 4.78 is 17.3. The van der Waals surface area contributed by atoms with Crippen LogP contribution in [-0.4, -0.2) is 37.0 Å². The van der Waals surface area contributed by atoms with Gasteiger partial charge in [0, 0.05) is 37.8 Å². The highest BCUT2D eigenvalue weighted by Crippen LogP contribution is 2.35. The number of fused-ring (bicyclic) bond motifs is 5. The van der Waals surface area contributed by atoms with Crippen LogP contribution < -0.4 is 5.32 Å². The van der Waals surface area contributed by atoms with E-state index in [2.05, 4.69) is 15.1 Å². The lowest BCUT2D eigenvalue weighted by Gasteiger charge is -2.27. The number of hydrogen-bond acceptors (Lipinski definition) is 3. The average Bonchev–Trinajstić information content (AvgIpc) is 3.17. The Morgan fingerprint density at radius 2 is 2.10 bits per heavy atom. The van der Waals surface area contributed by atoms with Crippen molar-refractivity contribution in [3.8, 4) is 11.4 Å². The molecule has 5 rings (SSSR count). The molecule has 0 unspecified atom stereocenters. The molecule has 0 spiro atoms. The summed E-state index contributed by atoms with van der Waals surface area (Å²) >= 11 is 5.82. The lowest BCUT2D eigenvalue weighted by atomic mass is 10.0. The van der Waals surface area contributed by atoms with Crippen molar-refractivity contribution in [3.05, 3.63) is 52.1 Å². The summed E-state index contributed by atoms with van der Waals surface area (Å²) in [5.41, 5.74) is 5.96. The smallest absolute Gasteiger partial charge is 0.320 e. The first kappa shape index (κ1) is 18.2. The molecule has 2 aliphatic heterocycles. The Hall–Kier alpha value is -2.87. The van der Waals surface area contributed by atoms with Crippen LogP contribution in [0.1, 0.15) is 23.2 Å². The normalized spacial score (nSPS) is 15.3. The molecule has 7 nitrogen and oxygen atoms in total. The monoisotopic (exact) mass is 414 g/mol. The van der Waals surface area contributed by atoms with Crippen LogP contribution in [0.5, 0.6) is 0 Å². The number of anilines is 1. The number of halogens is 2. The number of urea groups is 1. The van der Waals surface area contributed by atoms with Crippen LogP contribution in [0.25, 0.3) is 11.4 Å². The number of aryl methyl sites for hydroxylation is 3. The predicted octanol–water partition coefficient (Wildman–Crippen LogP) is 3.61. The van der Waals surface area contributed by atoms with Crippen LogP contribution in [0.4, 0.5) is 14.9 Å². The molecule has 2 amide bonds. The van der Waals surface area contributed by atoms with E-state index in [-0.39, 0.29) is 11.1 Å². The zero-order valence-electron chi connectivity index (χ0n) is 16.0. The number of benzene rings is 1. The summed E-state index contributed by atoms with van der Waals surface area (Å²) in [5.74, 6) is -0.512. The fourth-order valence-corrected chi connectivity index (χ4v) is 4.37. The first-order valence-corrected chi connectivity index (χ1v) is 10.00. The molecule has 1 N–H and O–H groups in total. The van der Waals surface area contributed by atoms with Gasteiger partial charge in [0.25, 0.3) is 0 Å². The molecule has 2 aromatic heterocycles. The van der Waals surface area contributed by atoms with Gasteiger partial charge in [-0.15, -0.1) is 0 Å². The van der Waals surface area contributed by atoms with Crippen molar-refractivity contribution in [1.29, 1.82) is 0 Å². The topological polar surface area (TPSA) is 68.0 Å². The molecule has 0 saturated heterocycles. The van der Waals surface area contributed by atoms with E-state index in [0.717, 1.165) is 42.0 Å². The minimum atomic E-state index is -0.512. The Labute approximate surface area is 172 Å².